The van der Waals surface area contributed by atoms with Crippen molar-refractivity contribution in [1.82, 2.24) is 15.0 Å². The zero-order valence-electron chi connectivity index (χ0n) is 19.8. The molecule has 178 valence electrons. The second-order valence-electron chi connectivity index (χ2n) is 9.05. The van der Waals surface area contributed by atoms with Crippen LogP contribution in [0.2, 0.25) is 0 Å². The summed E-state index contributed by atoms with van der Waals surface area (Å²) < 4.78 is 11.4. The summed E-state index contributed by atoms with van der Waals surface area (Å²) >= 11 is 0. The summed E-state index contributed by atoms with van der Waals surface area (Å²) in [5.41, 5.74) is 13.8. The summed E-state index contributed by atoms with van der Waals surface area (Å²) in [4.78, 5) is 14.0. The van der Waals surface area contributed by atoms with Crippen LogP contribution in [-0.4, -0.2) is 41.4 Å². The van der Waals surface area contributed by atoms with Gasteiger partial charge in [0.2, 0.25) is 0 Å². The summed E-state index contributed by atoms with van der Waals surface area (Å²) in [7, 11) is 0. The van der Waals surface area contributed by atoms with Crippen LogP contribution < -0.4 is 5.73 Å². The van der Waals surface area contributed by atoms with E-state index in [1.165, 1.54) is 0 Å². The molecule has 6 rings (SSSR count). The molecule has 6 heteroatoms. The SMILES string of the molecule is NC1(c2ccc(-c3nc4ccnc(-c5ccncc5)c4cc3-c3ccccc3)cc2)COCCOC1. The largest absolute Gasteiger partial charge is 0.377 e. The molecule has 0 saturated carbocycles. The number of benzene rings is 2. The third-order valence-electron chi connectivity index (χ3n) is 6.61. The van der Waals surface area contributed by atoms with Gasteiger partial charge in [0.1, 0.15) is 0 Å². The molecule has 0 amide bonds. The minimum atomic E-state index is -0.667. The van der Waals surface area contributed by atoms with Gasteiger partial charge in [-0.25, -0.2) is 4.98 Å². The minimum Gasteiger partial charge on any atom is -0.377 e. The van der Waals surface area contributed by atoms with Crippen LogP contribution in [-0.2, 0) is 15.0 Å². The topological polar surface area (TPSA) is 83.2 Å². The van der Waals surface area contributed by atoms with Crippen LogP contribution in [0.25, 0.3) is 44.5 Å². The van der Waals surface area contributed by atoms with Crippen LogP contribution in [0, 0.1) is 0 Å². The second kappa shape index (κ2) is 9.59. The Morgan fingerprint density at radius 3 is 2.11 bits per heavy atom. The molecule has 0 radical (unpaired) electrons. The molecule has 1 aliphatic rings. The molecule has 2 aromatic carbocycles. The quantitative estimate of drug-likeness (QED) is 0.384. The molecule has 0 spiro atoms. The van der Waals surface area contributed by atoms with Gasteiger partial charge >= 0.3 is 0 Å². The maximum absolute atomic E-state index is 6.66. The fraction of sp³-hybridized carbons (Fsp3) is 0.167. The third-order valence-corrected chi connectivity index (χ3v) is 6.61. The molecule has 1 aliphatic heterocycles. The molecular formula is C30H26N4O2. The van der Waals surface area contributed by atoms with Crippen molar-refractivity contribution < 1.29 is 9.47 Å². The summed E-state index contributed by atoms with van der Waals surface area (Å²) in [6.07, 6.45) is 5.38. The number of nitrogens with two attached hydrogens (primary N) is 1. The fourth-order valence-corrected chi connectivity index (χ4v) is 4.69. The van der Waals surface area contributed by atoms with Gasteiger partial charge in [0, 0.05) is 40.7 Å². The van der Waals surface area contributed by atoms with E-state index >= 15 is 0 Å². The van der Waals surface area contributed by atoms with Gasteiger partial charge < -0.3 is 15.2 Å². The lowest BCUT2D eigenvalue weighted by Crippen LogP contribution is -2.44. The standard InChI is InChI=1S/C30H26N4O2/c31-30(19-35-16-17-36-20-30)24-8-6-22(7-9-24)29-25(21-4-2-1-3-5-21)18-26-27(34-29)12-15-33-28(26)23-10-13-32-14-11-23/h1-15,18H,16-17,19-20,31H2. The van der Waals surface area contributed by atoms with Crippen molar-refractivity contribution in [3.05, 3.63) is 103 Å². The van der Waals surface area contributed by atoms with Crippen molar-refractivity contribution in [1.29, 1.82) is 0 Å². The smallest absolute Gasteiger partial charge is 0.0883 e. The van der Waals surface area contributed by atoms with E-state index in [2.05, 4.69) is 52.4 Å². The average molecular weight is 475 g/mol. The number of fused-ring (bicyclic) bond motifs is 1. The van der Waals surface area contributed by atoms with E-state index in [0.29, 0.717) is 26.4 Å². The molecule has 5 aromatic rings. The second-order valence-corrected chi connectivity index (χ2v) is 9.05. The van der Waals surface area contributed by atoms with Crippen molar-refractivity contribution in [2.75, 3.05) is 26.4 Å². The highest BCUT2D eigenvalue weighted by molar-refractivity contribution is 5.98. The average Bonchev–Trinajstić information content (AvgIpc) is 3.18. The van der Waals surface area contributed by atoms with Crippen molar-refractivity contribution in [3.63, 3.8) is 0 Å². The zero-order valence-corrected chi connectivity index (χ0v) is 19.8. The highest BCUT2D eigenvalue weighted by Crippen LogP contribution is 2.36. The molecule has 0 bridgehead atoms. The molecule has 0 unspecified atom stereocenters. The number of rotatable bonds is 4. The van der Waals surface area contributed by atoms with E-state index in [1.807, 2.05) is 42.6 Å². The van der Waals surface area contributed by atoms with Gasteiger partial charge in [-0.15, -0.1) is 0 Å². The fourth-order valence-electron chi connectivity index (χ4n) is 4.69. The minimum absolute atomic E-state index is 0.431. The molecule has 0 atom stereocenters. The van der Waals surface area contributed by atoms with E-state index < -0.39 is 5.54 Å². The Morgan fingerprint density at radius 2 is 1.39 bits per heavy atom. The Morgan fingerprint density at radius 1 is 0.694 bits per heavy atom. The van der Waals surface area contributed by atoms with E-state index in [1.54, 1.807) is 12.4 Å². The summed E-state index contributed by atoms with van der Waals surface area (Å²) in [5, 5.41) is 0.997. The lowest BCUT2D eigenvalue weighted by atomic mass is 9.90. The molecule has 1 saturated heterocycles. The lowest BCUT2D eigenvalue weighted by molar-refractivity contribution is 0.103. The highest BCUT2D eigenvalue weighted by atomic mass is 16.5. The summed E-state index contributed by atoms with van der Waals surface area (Å²) in [5.74, 6) is 0. The Kier molecular flexibility index (Phi) is 5.99. The maximum Gasteiger partial charge on any atom is 0.0883 e. The molecule has 3 aromatic heterocycles. The number of hydrogen-bond donors (Lipinski definition) is 1. The normalized spacial score (nSPS) is 15.5. The van der Waals surface area contributed by atoms with Gasteiger partial charge in [0.05, 0.1) is 48.9 Å². The van der Waals surface area contributed by atoms with Crippen LogP contribution in [0.15, 0.2) is 97.5 Å². The number of ether oxygens (including phenoxy) is 2. The molecular weight excluding hydrogens is 448 g/mol. The van der Waals surface area contributed by atoms with Gasteiger partial charge in [-0.3, -0.25) is 9.97 Å². The Labute approximate surface area is 209 Å². The molecule has 2 N–H and O–H groups in total. The first-order valence-corrected chi connectivity index (χ1v) is 12.0. The molecule has 1 fully saturated rings. The first-order valence-electron chi connectivity index (χ1n) is 12.0. The van der Waals surface area contributed by atoms with Gasteiger partial charge in [-0.2, -0.15) is 0 Å². The number of hydrogen-bond acceptors (Lipinski definition) is 6. The number of aromatic nitrogens is 3. The maximum atomic E-state index is 6.66. The number of pyridine rings is 3. The van der Waals surface area contributed by atoms with Crippen LogP contribution in [0.3, 0.4) is 0 Å². The van der Waals surface area contributed by atoms with Crippen molar-refractivity contribution in [2.24, 2.45) is 5.73 Å². The van der Waals surface area contributed by atoms with Crippen molar-refractivity contribution in [3.8, 4) is 33.6 Å². The zero-order chi connectivity index (χ0) is 24.4. The number of nitrogens with zero attached hydrogens (tertiary/aromatic N) is 3. The molecule has 4 heterocycles. The Hall–Kier alpha value is -3.97. The van der Waals surface area contributed by atoms with Gasteiger partial charge in [-0.05, 0) is 35.4 Å². The predicted molar refractivity (Wildman–Crippen MR) is 141 cm³/mol. The highest BCUT2D eigenvalue weighted by Gasteiger charge is 2.30. The van der Waals surface area contributed by atoms with Crippen LogP contribution in [0.1, 0.15) is 5.56 Å². The monoisotopic (exact) mass is 474 g/mol. The van der Waals surface area contributed by atoms with E-state index in [-0.39, 0.29) is 0 Å². The Balaban J connectivity index is 1.50. The van der Waals surface area contributed by atoms with E-state index in [9.17, 15) is 0 Å². The first-order chi connectivity index (χ1) is 17.7. The summed E-state index contributed by atoms with van der Waals surface area (Å²) in [6, 6.07) is 26.7. The van der Waals surface area contributed by atoms with Crippen LogP contribution in [0.5, 0.6) is 0 Å². The van der Waals surface area contributed by atoms with Crippen molar-refractivity contribution in [2.45, 2.75) is 5.54 Å². The predicted octanol–water partition coefficient (Wildman–Crippen LogP) is 5.23. The van der Waals surface area contributed by atoms with Crippen LogP contribution >= 0.6 is 0 Å². The molecule has 36 heavy (non-hydrogen) atoms. The third kappa shape index (κ3) is 4.27. The van der Waals surface area contributed by atoms with E-state index in [4.69, 9.17) is 20.2 Å². The first kappa shape index (κ1) is 22.5. The van der Waals surface area contributed by atoms with Gasteiger partial charge in [-0.1, -0.05) is 54.6 Å². The van der Waals surface area contributed by atoms with Crippen LogP contribution in [0.4, 0.5) is 0 Å². The Bertz CT molecular complexity index is 1480. The molecule has 6 nitrogen and oxygen atoms in total. The van der Waals surface area contributed by atoms with Gasteiger partial charge in [0.25, 0.3) is 0 Å². The van der Waals surface area contributed by atoms with E-state index in [0.717, 1.165) is 50.1 Å². The van der Waals surface area contributed by atoms with Gasteiger partial charge in [0.15, 0.2) is 0 Å². The lowest BCUT2D eigenvalue weighted by Gasteiger charge is -2.27. The van der Waals surface area contributed by atoms with Crippen molar-refractivity contribution >= 4 is 10.9 Å². The molecule has 0 aliphatic carbocycles. The summed E-state index contributed by atoms with van der Waals surface area (Å²) in [6.45, 7) is 1.99.